The SMILES string of the molecule is COc1ccc(CNC(=O)c2ccc(N3C(=O)c4cccc5c([N+](=O)[O-])ccc(c45)C3=O)cc2)cc1. The summed E-state index contributed by atoms with van der Waals surface area (Å²) in [7, 11) is 1.58. The van der Waals surface area contributed by atoms with E-state index in [-0.39, 0.29) is 39.2 Å². The van der Waals surface area contributed by atoms with Gasteiger partial charge in [-0.3, -0.25) is 24.5 Å². The molecule has 9 nitrogen and oxygen atoms in total. The molecule has 0 spiro atoms. The first-order valence-corrected chi connectivity index (χ1v) is 11.0. The van der Waals surface area contributed by atoms with Gasteiger partial charge < -0.3 is 10.1 Å². The highest BCUT2D eigenvalue weighted by molar-refractivity contribution is 6.36. The third kappa shape index (κ3) is 3.82. The molecular formula is C27H19N3O6. The maximum Gasteiger partial charge on any atom is 0.277 e. The zero-order chi connectivity index (χ0) is 25.4. The maximum absolute atomic E-state index is 13.3. The number of ether oxygens (including phenoxy) is 1. The third-order valence-electron chi connectivity index (χ3n) is 6.08. The van der Waals surface area contributed by atoms with Gasteiger partial charge in [-0.25, -0.2) is 4.90 Å². The number of hydrogen-bond acceptors (Lipinski definition) is 6. The van der Waals surface area contributed by atoms with E-state index in [1.54, 1.807) is 25.3 Å². The molecule has 0 bridgehead atoms. The van der Waals surface area contributed by atoms with Crippen LogP contribution in [0.25, 0.3) is 10.8 Å². The molecule has 0 aromatic heterocycles. The number of nitrogens with zero attached hydrogens (tertiary/aromatic N) is 2. The van der Waals surface area contributed by atoms with Gasteiger partial charge in [0.2, 0.25) is 0 Å². The normalized spacial score (nSPS) is 12.5. The molecule has 36 heavy (non-hydrogen) atoms. The number of nitrogens with one attached hydrogen (secondary N) is 1. The molecule has 178 valence electrons. The molecule has 0 radical (unpaired) electrons. The first kappa shape index (κ1) is 22.7. The lowest BCUT2D eigenvalue weighted by molar-refractivity contribution is -0.383. The standard InChI is InChI=1S/C27H19N3O6/c1-36-19-11-5-16(6-12-19)15-28-25(31)17-7-9-18(10-8-17)29-26(32)21-4-2-3-20-23(30(34)35)14-13-22(24(20)21)27(29)33/h2-14H,15H2,1H3,(H,28,31). The Morgan fingerprint density at radius 2 is 1.58 bits per heavy atom. The predicted molar refractivity (Wildman–Crippen MR) is 132 cm³/mol. The van der Waals surface area contributed by atoms with E-state index in [4.69, 9.17) is 4.74 Å². The second-order valence-corrected chi connectivity index (χ2v) is 8.14. The van der Waals surface area contributed by atoms with E-state index >= 15 is 0 Å². The maximum atomic E-state index is 13.3. The quantitative estimate of drug-likeness (QED) is 0.246. The summed E-state index contributed by atoms with van der Waals surface area (Å²) in [6.07, 6.45) is 0. The number of carbonyl (C=O) groups is 3. The minimum absolute atomic E-state index is 0.172. The zero-order valence-electron chi connectivity index (χ0n) is 19.1. The predicted octanol–water partition coefficient (Wildman–Crippen LogP) is 4.49. The number of non-ortho nitro benzene ring substituents is 1. The molecule has 4 aromatic rings. The van der Waals surface area contributed by atoms with Gasteiger partial charge in [-0.05, 0) is 60.2 Å². The molecule has 0 atom stereocenters. The number of imide groups is 1. The largest absolute Gasteiger partial charge is 0.497 e. The Bertz CT molecular complexity index is 1520. The van der Waals surface area contributed by atoms with Gasteiger partial charge in [0.15, 0.2) is 0 Å². The van der Waals surface area contributed by atoms with Crippen molar-refractivity contribution in [2.75, 3.05) is 12.0 Å². The van der Waals surface area contributed by atoms with Crippen LogP contribution in [0.15, 0.2) is 78.9 Å². The van der Waals surface area contributed by atoms with Crippen LogP contribution in [0, 0.1) is 10.1 Å². The van der Waals surface area contributed by atoms with Gasteiger partial charge in [0.05, 0.1) is 23.1 Å². The number of benzene rings is 4. The van der Waals surface area contributed by atoms with Crippen molar-refractivity contribution in [3.63, 3.8) is 0 Å². The average molecular weight is 481 g/mol. The van der Waals surface area contributed by atoms with Crippen molar-refractivity contribution in [2.45, 2.75) is 6.54 Å². The molecule has 9 heteroatoms. The Morgan fingerprint density at radius 1 is 0.917 bits per heavy atom. The van der Waals surface area contributed by atoms with E-state index in [1.807, 2.05) is 12.1 Å². The summed E-state index contributed by atoms with van der Waals surface area (Å²) in [5.41, 5.74) is 1.78. The van der Waals surface area contributed by atoms with Crippen molar-refractivity contribution < 1.29 is 24.0 Å². The van der Waals surface area contributed by atoms with Crippen molar-refractivity contribution in [1.82, 2.24) is 5.32 Å². The highest BCUT2D eigenvalue weighted by atomic mass is 16.6. The van der Waals surface area contributed by atoms with Crippen molar-refractivity contribution in [3.8, 4) is 5.75 Å². The van der Waals surface area contributed by atoms with Crippen LogP contribution in [-0.4, -0.2) is 29.8 Å². The monoisotopic (exact) mass is 481 g/mol. The molecule has 0 saturated carbocycles. The number of anilines is 1. The van der Waals surface area contributed by atoms with Crippen LogP contribution in [0.4, 0.5) is 11.4 Å². The molecular weight excluding hydrogens is 462 g/mol. The first-order chi connectivity index (χ1) is 17.4. The molecule has 0 unspecified atom stereocenters. The van der Waals surface area contributed by atoms with Crippen molar-refractivity contribution >= 4 is 39.9 Å². The number of nitro groups is 1. The van der Waals surface area contributed by atoms with Crippen molar-refractivity contribution in [3.05, 3.63) is 111 Å². The molecule has 1 aliphatic rings. The number of hydrogen-bond donors (Lipinski definition) is 1. The minimum Gasteiger partial charge on any atom is -0.497 e. The third-order valence-corrected chi connectivity index (χ3v) is 6.08. The molecule has 1 heterocycles. The fraction of sp³-hybridized carbons (Fsp3) is 0.0741. The van der Waals surface area contributed by atoms with E-state index in [1.165, 1.54) is 48.5 Å². The summed E-state index contributed by atoms with van der Waals surface area (Å²) < 4.78 is 5.12. The lowest BCUT2D eigenvalue weighted by Gasteiger charge is -2.27. The van der Waals surface area contributed by atoms with E-state index < -0.39 is 16.7 Å². The average Bonchev–Trinajstić information content (AvgIpc) is 2.90. The molecule has 0 saturated heterocycles. The molecule has 3 amide bonds. The topological polar surface area (TPSA) is 119 Å². The lowest BCUT2D eigenvalue weighted by atomic mass is 9.92. The Labute approximate surface area is 205 Å². The van der Waals surface area contributed by atoms with Crippen LogP contribution in [0.2, 0.25) is 0 Å². The van der Waals surface area contributed by atoms with Crippen LogP contribution >= 0.6 is 0 Å². The van der Waals surface area contributed by atoms with Gasteiger partial charge in [-0.1, -0.05) is 18.2 Å². The Morgan fingerprint density at radius 3 is 2.22 bits per heavy atom. The van der Waals surface area contributed by atoms with Gasteiger partial charge in [0, 0.05) is 34.7 Å². The second-order valence-electron chi connectivity index (χ2n) is 8.14. The summed E-state index contributed by atoms with van der Waals surface area (Å²) >= 11 is 0. The fourth-order valence-corrected chi connectivity index (χ4v) is 4.26. The van der Waals surface area contributed by atoms with Crippen LogP contribution in [0.5, 0.6) is 5.75 Å². The van der Waals surface area contributed by atoms with Gasteiger partial charge >= 0.3 is 0 Å². The van der Waals surface area contributed by atoms with Crippen LogP contribution in [-0.2, 0) is 6.54 Å². The number of amides is 3. The summed E-state index contributed by atoms with van der Waals surface area (Å²) in [6.45, 7) is 0.320. The van der Waals surface area contributed by atoms with Gasteiger partial charge in [0.1, 0.15) is 5.75 Å². The van der Waals surface area contributed by atoms with Crippen LogP contribution in [0.3, 0.4) is 0 Å². The Kier molecular flexibility index (Phi) is 5.65. The van der Waals surface area contributed by atoms with Gasteiger partial charge in [-0.15, -0.1) is 0 Å². The summed E-state index contributed by atoms with van der Waals surface area (Å²) in [5.74, 6) is -0.763. The number of methoxy groups -OCH3 is 1. The van der Waals surface area contributed by atoms with E-state index in [0.717, 1.165) is 16.2 Å². The zero-order valence-corrected chi connectivity index (χ0v) is 19.1. The minimum atomic E-state index is -0.588. The lowest BCUT2D eigenvalue weighted by Crippen LogP contribution is -2.40. The second kappa shape index (κ2) is 8.95. The van der Waals surface area contributed by atoms with Crippen molar-refractivity contribution in [2.24, 2.45) is 0 Å². The molecule has 0 fully saturated rings. The highest BCUT2D eigenvalue weighted by Crippen LogP contribution is 2.36. The smallest absolute Gasteiger partial charge is 0.277 e. The molecule has 4 aromatic carbocycles. The first-order valence-electron chi connectivity index (χ1n) is 11.0. The molecule has 1 aliphatic heterocycles. The fourth-order valence-electron chi connectivity index (χ4n) is 4.26. The van der Waals surface area contributed by atoms with Crippen LogP contribution in [0.1, 0.15) is 36.6 Å². The van der Waals surface area contributed by atoms with Crippen LogP contribution < -0.4 is 15.0 Å². The van der Waals surface area contributed by atoms with E-state index in [2.05, 4.69) is 5.32 Å². The molecule has 0 aliphatic carbocycles. The summed E-state index contributed by atoms with van der Waals surface area (Å²) in [5, 5.41) is 14.8. The molecule has 5 rings (SSSR count). The van der Waals surface area contributed by atoms with E-state index in [0.29, 0.717) is 12.1 Å². The number of rotatable bonds is 6. The number of nitro benzene ring substituents is 1. The highest BCUT2D eigenvalue weighted by Gasteiger charge is 2.35. The Balaban J connectivity index is 1.38. The Hall–Kier alpha value is -5.05. The number of carbonyl (C=O) groups excluding carboxylic acids is 3. The molecule has 1 N–H and O–H groups in total. The van der Waals surface area contributed by atoms with Gasteiger partial charge in [0.25, 0.3) is 23.4 Å². The van der Waals surface area contributed by atoms with Crippen molar-refractivity contribution in [1.29, 1.82) is 0 Å². The van der Waals surface area contributed by atoms with E-state index in [9.17, 15) is 24.5 Å². The van der Waals surface area contributed by atoms with Gasteiger partial charge in [-0.2, -0.15) is 0 Å². The summed E-state index contributed by atoms with van der Waals surface area (Å²) in [6, 6.07) is 20.7. The summed E-state index contributed by atoms with van der Waals surface area (Å²) in [4.78, 5) is 51.0.